The lowest BCUT2D eigenvalue weighted by atomic mass is 9.44. The molecule has 2 fully saturated rings. The zero-order valence-electron chi connectivity index (χ0n) is 22.6. The van der Waals surface area contributed by atoms with Crippen LogP contribution >= 0.6 is 0 Å². The van der Waals surface area contributed by atoms with Crippen molar-refractivity contribution in [1.82, 2.24) is 0 Å². The molecule has 3 heteroatoms. The molecule has 4 rings (SSSR count). The van der Waals surface area contributed by atoms with Gasteiger partial charge in [-0.3, -0.25) is 9.59 Å². The summed E-state index contributed by atoms with van der Waals surface area (Å²) in [6, 6.07) is 0. The minimum atomic E-state index is -0.640. The van der Waals surface area contributed by atoms with Crippen LogP contribution in [0.1, 0.15) is 99.8 Å². The molecule has 0 aromatic heterocycles. The molecule has 2 saturated carbocycles. The Balaban J connectivity index is 1.69. The van der Waals surface area contributed by atoms with E-state index in [0.29, 0.717) is 30.5 Å². The highest BCUT2D eigenvalue weighted by atomic mass is 16.4. The van der Waals surface area contributed by atoms with Gasteiger partial charge >= 0.3 is 5.97 Å². The smallest absolute Gasteiger partial charge is 0.306 e. The lowest BCUT2D eigenvalue weighted by molar-refractivity contribution is -0.146. The average Bonchev–Trinajstić information content (AvgIpc) is 3.02. The minimum Gasteiger partial charge on any atom is -0.481 e. The van der Waals surface area contributed by atoms with Crippen molar-refractivity contribution in [3.8, 4) is 0 Å². The average molecular weight is 467 g/mol. The number of carbonyl (C=O) groups excluding carboxylic acids is 1. The van der Waals surface area contributed by atoms with Gasteiger partial charge in [0.25, 0.3) is 0 Å². The van der Waals surface area contributed by atoms with E-state index in [2.05, 4.69) is 67.2 Å². The van der Waals surface area contributed by atoms with Gasteiger partial charge in [-0.2, -0.15) is 0 Å². The first-order chi connectivity index (χ1) is 15.7. The largest absolute Gasteiger partial charge is 0.481 e. The molecule has 0 spiro atoms. The van der Waals surface area contributed by atoms with Crippen LogP contribution in [0.4, 0.5) is 0 Å². The summed E-state index contributed by atoms with van der Waals surface area (Å²) >= 11 is 0. The van der Waals surface area contributed by atoms with E-state index in [9.17, 15) is 14.7 Å². The lowest BCUT2D eigenvalue weighted by Crippen LogP contribution is -2.53. The summed E-state index contributed by atoms with van der Waals surface area (Å²) in [6.45, 7) is 20.0. The van der Waals surface area contributed by atoms with Gasteiger partial charge in [0.2, 0.25) is 0 Å². The summed E-state index contributed by atoms with van der Waals surface area (Å²) in [5.74, 6) is 0.355. The lowest BCUT2D eigenvalue weighted by Gasteiger charge is -2.59. The molecule has 0 radical (unpaired) electrons. The zero-order valence-corrected chi connectivity index (χ0v) is 22.6. The first-order valence-electron chi connectivity index (χ1n) is 13.6. The number of carbonyl (C=O) groups is 2. The van der Waals surface area contributed by atoms with Crippen LogP contribution in [0.3, 0.4) is 0 Å². The third-order valence-corrected chi connectivity index (χ3v) is 11.4. The van der Waals surface area contributed by atoms with Crippen molar-refractivity contribution in [2.75, 3.05) is 0 Å². The van der Waals surface area contributed by atoms with Crippen LogP contribution in [-0.2, 0) is 9.59 Å². The normalized spacial score (nSPS) is 39.5. The minimum absolute atomic E-state index is 0.00984. The number of aliphatic carboxylic acids is 1. The Bertz CT molecular complexity index is 965. The molecule has 0 bridgehead atoms. The molecular formula is C31H46O3. The van der Waals surface area contributed by atoms with E-state index in [1.807, 2.05) is 0 Å². The number of carboxylic acids is 1. The van der Waals surface area contributed by atoms with Gasteiger partial charge in [0.1, 0.15) is 5.78 Å². The van der Waals surface area contributed by atoms with Crippen LogP contribution in [0, 0.1) is 45.3 Å². The third-order valence-electron chi connectivity index (χ3n) is 11.4. The third kappa shape index (κ3) is 3.43. The maximum atomic E-state index is 12.8. The standard InChI is InChI=1S/C31H46O3/c1-19(2)20(3)9-10-21(27(33)34)22-13-17-31(8)24-11-12-25-28(4,5)26(32)15-16-29(25,6)23(24)14-18-30(22,31)7/h11,14,19,21-22,25H,3,9-10,12-13,15-18H2,1-2,4-8H3,(H,33,34)/t21-,22-,25+,29-,30-,31+/m1/s1. The summed E-state index contributed by atoms with van der Waals surface area (Å²) in [6.07, 6.45) is 11.9. The number of hydrogen-bond acceptors (Lipinski definition) is 2. The highest BCUT2D eigenvalue weighted by molar-refractivity contribution is 5.86. The SMILES string of the molecule is C=C(CC[C@@H](C(=O)O)[C@H]1CC[C@@]2(C)C3=CC[C@H]4C(C)(C)C(=O)CC[C@]4(C)C3=CC[C@]12C)C(C)C. The molecule has 4 aliphatic carbocycles. The van der Waals surface area contributed by atoms with Crippen molar-refractivity contribution < 1.29 is 14.7 Å². The van der Waals surface area contributed by atoms with Crippen molar-refractivity contribution >= 4 is 11.8 Å². The van der Waals surface area contributed by atoms with Gasteiger partial charge in [-0.1, -0.05) is 72.8 Å². The van der Waals surface area contributed by atoms with Crippen molar-refractivity contribution in [3.63, 3.8) is 0 Å². The van der Waals surface area contributed by atoms with Gasteiger partial charge < -0.3 is 5.11 Å². The fourth-order valence-electron chi connectivity index (χ4n) is 8.62. The summed E-state index contributed by atoms with van der Waals surface area (Å²) < 4.78 is 0. The maximum absolute atomic E-state index is 12.8. The van der Waals surface area contributed by atoms with E-state index >= 15 is 0 Å². The van der Waals surface area contributed by atoms with E-state index in [1.165, 1.54) is 11.1 Å². The first-order valence-corrected chi connectivity index (χ1v) is 13.6. The quantitative estimate of drug-likeness (QED) is 0.407. The second-order valence-corrected chi connectivity index (χ2v) is 13.5. The molecule has 34 heavy (non-hydrogen) atoms. The van der Waals surface area contributed by atoms with Gasteiger partial charge in [-0.05, 0) is 90.1 Å². The number of Topliss-reactive ketones (excluding diaryl/α,β-unsaturated/α-hetero) is 1. The maximum Gasteiger partial charge on any atom is 0.306 e. The summed E-state index contributed by atoms with van der Waals surface area (Å²) in [5, 5.41) is 10.3. The molecule has 0 heterocycles. The molecule has 188 valence electrons. The Kier molecular flexibility index (Phi) is 6.14. The Hall–Kier alpha value is -1.64. The van der Waals surface area contributed by atoms with E-state index in [-0.39, 0.29) is 33.5 Å². The molecule has 1 N–H and O–H groups in total. The molecule has 4 aliphatic rings. The molecular weight excluding hydrogens is 420 g/mol. The highest BCUT2D eigenvalue weighted by Gasteiger charge is 2.63. The van der Waals surface area contributed by atoms with Crippen LogP contribution in [0.15, 0.2) is 35.5 Å². The Morgan fingerprint density at radius 2 is 1.79 bits per heavy atom. The molecule has 0 amide bonds. The number of carboxylic acid groups (broad SMARTS) is 1. The Morgan fingerprint density at radius 1 is 1.12 bits per heavy atom. The van der Waals surface area contributed by atoms with E-state index < -0.39 is 5.97 Å². The molecule has 0 aromatic rings. The van der Waals surface area contributed by atoms with Crippen LogP contribution in [0.5, 0.6) is 0 Å². The van der Waals surface area contributed by atoms with Gasteiger partial charge in [-0.15, -0.1) is 0 Å². The highest BCUT2D eigenvalue weighted by Crippen LogP contribution is 2.71. The predicted molar refractivity (Wildman–Crippen MR) is 138 cm³/mol. The number of fused-ring (bicyclic) bond motifs is 5. The van der Waals surface area contributed by atoms with E-state index in [1.54, 1.807) is 0 Å². The fraction of sp³-hybridized carbons (Fsp3) is 0.742. The van der Waals surface area contributed by atoms with Gasteiger partial charge in [0.15, 0.2) is 0 Å². The van der Waals surface area contributed by atoms with Crippen LogP contribution in [0.2, 0.25) is 0 Å². The second-order valence-electron chi connectivity index (χ2n) is 13.5. The predicted octanol–water partition coefficient (Wildman–Crippen LogP) is 7.77. The monoisotopic (exact) mass is 466 g/mol. The van der Waals surface area contributed by atoms with E-state index in [4.69, 9.17) is 0 Å². The van der Waals surface area contributed by atoms with E-state index in [0.717, 1.165) is 44.1 Å². The summed E-state index contributed by atoms with van der Waals surface area (Å²) in [5.41, 5.74) is 3.78. The van der Waals surface area contributed by atoms with Crippen molar-refractivity contribution in [3.05, 3.63) is 35.5 Å². The number of rotatable bonds is 6. The fourth-order valence-corrected chi connectivity index (χ4v) is 8.62. The number of hydrogen-bond donors (Lipinski definition) is 1. The van der Waals surface area contributed by atoms with Gasteiger partial charge in [0.05, 0.1) is 5.92 Å². The van der Waals surface area contributed by atoms with Gasteiger partial charge in [-0.25, -0.2) is 0 Å². The molecule has 0 aromatic carbocycles. The number of allylic oxidation sites excluding steroid dienone is 5. The molecule has 0 saturated heterocycles. The van der Waals surface area contributed by atoms with Gasteiger partial charge in [0, 0.05) is 11.8 Å². The van der Waals surface area contributed by atoms with Crippen LogP contribution in [-0.4, -0.2) is 16.9 Å². The summed E-state index contributed by atoms with van der Waals surface area (Å²) in [4.78, 5) is 25.3. The van der Waals surface area contributed by atoms with Crippen molar-refractivity contribution in [1.29, 1.82) is 0 Å². The van der Waals surface area contributed by atoms with Crippen LogP contribution < -0.4 is 0 Å². The second kappa shape index (κ2) is 8.20. The topological polar surface area (TPSA) is 54.4 Å². The molecule has 0 unspecified atom stereocenters. The molecule has 6 atom stereocenters. The Morgan fingerprint density at radius 3 is 2.41 bits per heavy atom. The number of ketones is 1. The molecule has 0 aliphatic heterocycles. The molecule has 3 nitrogen and oxygen atoms in total. The zero-order chi connectivity index (χ0) is 25.3. The van der Waals surface area contributed by atoms with Crippen LogP contribution in [0.25, 0.3) is 0 Å². The van der Waals surface area contributed by atoms with Crippen molar-refractivity contribution in [2.45, 2.75) is 99.8 Å². The summed E-state index contributed by atoms with van der Waals surface area (Å²) in [7, 11) is 0. The first kappa shape index (κ1) is 25.5. The van der Waals surface area contributed by atoms with Crippen molar-refractivity contribution in [2.24, 2.45) is 45.3 Å². The Labute approximate surface area is 207 Å².